The van der Waals surface area contributed by atoms with Crippen molar-refractivity contribution in [2.24, 2.45) is 10.9 Å². The number of hydrogen-bond acceptors (Lipinski definition) is 6. The van der Waals surface area contributed by atoms with Gasteiger partial charge >= 0.3 is 0 Å². The number of aliphatic imine (C=N–C) groups is 1. The number of nitrogens with one attached hydrogen (secondary N) is 1. The van der Waals surface area contributed by atoms with Crippen LogP contribution >= 0.6 is 12.2 Å². The molecule has 1 fully saturated rings. The van der Waals surface area contributed by atoms with Gasteiger partial charge in [-0.25, -0.2) is 4.99 Å². The lowest BCUT2D eigenvalue weighted by atomic mass is 9.94. The maximum atomic E-state index is 12.8. The maximum absolute atomic E-state index is 12.8. The molecule has 1 aromatic heterocycles. The zero-order valence-corrected chi connectivity index (χ0v) is 15.8. The normalized spacial score (nSPS) is 20.2. The predicted octanol–water partition coefficient (Wildman–Crippen LogP) is 1.45. The number of aromatic nitrogens is 1. The number of nitrogens with zero attached hydrogens (tertiary/aromatic N) is 3. The molecule has 0 radical (unpaired) electrons. The van der Waals surface area contributed by atoms with Gasteiger partial charge in [-0.3, -0.25) is 19.5 Å². The van der Waals surface area contributed by atoms with Crippen molar-refractivity contribution in [2.75, 3.05) is 13.3 Å². The number of thiocarbonyl (C=S) groups is 1. The molecule has 0 spiro atoms. The van der Waals surface area contributed by atoms with Crippen LogP contribution in [0.3, 0.4) is 0 Å². The highest BCUT2D eigenvalue weighted by Gasteiger charge is 2.38. The van der Waals surface area contributed by atoms with Crippen molar-refractivity contribution >= 4 is 34.9 Å². The monoisotopic (exact) mass is 398 g/mol. The van der Waals surface area contributed by atoms with Crippen molar-refractivity contribution in [3.8, 4) is 0 Å². The average Bonchev–Trinajstić information content (AvgIpc) is 3.16. The molecule has 1 saturated heterocycles. The van der Waals surface area contributed by atoms with Crippen LogP contribution in [-0.4, -0.2) is 45.9 Å². The van der Waals surface area contributed by atoms with E-state index in [0.717, 1.165) is 5.69 Å². The van der Waals surface area contributed by atoms with Crippen LogP contribution in [0.2, 0.25) is 0 Å². The molecule has 28 heavy (non-hydrogen) atoms. The van der Waals surface area contributed by atoms with Gasteiger partial charge in [-0.1, -0.05) is 6.07 Å². The molecule has 3 aliphatic rings. The minimum atomic E-state index is -0.537. The third-order valence-corrected chi connectivity index (χ3v) is 4.87. The highest BCUT2D eigenvalue weighted by atomic mass is 32.1. The summed E-state index contributed by atoms with van der Waals surface area (Å²) in [5, 5.41) is 3.02. The summed E-state index contributed by atoms with van der Waals surface area (Å²) in [4.78, 5) is 34.8. The van der Waals surface area contributed by atoms with Crippen molar-refractivity contribution in [1.29, 1.82) is 0 Å². The summed E-state index contributed by atoms with van der Waals surface area (Å²) in [6, 6.07) is 5.54. The molecule has 1 aliphatic carbocycles. The zero-order valence-electron chi connectivity index (χ0n) is 15.0. The van der Waals surface area contributed by atoms with Gasteiger partial charge in [0.2, 0.25) is 23.7 Å². The number of carbonyl (C=O) groups excluding carboxylic acids is 2. The Balaban J connectivity index is 1.31. The van der Waals surface area contributed by atoms with Gasteiger partial charge in [0.15, 0.2) is 11.5 Å². The molecule has 1 N–H and O–H groups in total. The first kappa shape index (κ1) is 18.3. The summed E-state index contributed by atoms with van der Waals surface area (Å²) in [7, 11) is 0. The molecule has 0 saturated carbocycles. The Labute approximate surface area is 166 Å². The van der Waals surface area contributed by atoms with Crippen molar-refractivity contribution in [3.05, 3.63) is 53.8 Å². The van der Waals surface area contributed by atoms with Gasteiger partial charge < -0.3 is 14.8 Å². The summed E-state index contributed by atoms with van der Waals surface area (Å²) >= 11 is 5.27. The van der Waals surface area contributed by atoms with Gasteiger partial charge in [0.05, 0.1) is 18.0 Å². The van der Waals surface area contributed by atoms with E-state index in [1.165, 1.54) is 4.90 Å². The SMILES string of the molecule is O=C(CCCN1C(=O)C2C=C3OCOC3=CC2=NC1=S)NCc1ccccn1. The average molecular weight is 398 g/mol. The second-order valence-electron chi connectivity index (χ2n) is 6.43. The van der Waals surface area contributed by atoms with E-state index >= 15 is 0 Å². The van der Waals surface area contributed by atoms with Crippen molar-refractivity contribution < 1.29 is 19.1 Å². The molecule has 0 bridgehead atoms. The van der Waals surface area contributed by atoms with E-state index in [1.807, 2.05) is 18.2 Å². The van der Waals surface area contributed by atoms with E-state index in [2.05, 4.69) is 15.3 Å². The van der Waals surface area contributed by atoms with E-state index in [0.29, 0.717) is 36.7 Å². The van der Waals surface area contributed by atoms with E-state index in [-0.39, 0.29) is 30.1 Å². The summed E-state index contributed by atoms with van der Waals surface area (Å²) in [6.07, 6.45) is 5.84. The Kier molecular flexibility index (Phi) is 5.16. The molecule has 4 rings (SSSR count). The summed E-state index contributed by atoms with van der Waals surface area (Å²) in [6.45, 7) is 0.841. The molecule has 9 heteroatoms. The number of hydrogen-bond donors (Lipinski definition) is 1. The lowest BCUT2D eigenvalue weighted by Crippen LogP contribution is -2.46. The third-order valence-electron chi connectivity index (χ3n) is 4.55. The van der Waals surface area contributed by atoms with Gasteiger partial charge in [0.1, 0.15) is 5.92 Å². The molecule has 144 valence electrons. The minimum Gasteiger partial charge on any atom is -0.454 e. The molecule has 2 amide bonds. The lowest BCUT2D eigenvalue weighted by molar-refractivity contribution is -0.129. The lowest BCUT2D eigenvalue weighted by Gasteiger charge is -2.30. The van der Waals surface area contributed by atoms with E-state index < -0.39 is 5.92 Å². The first-order chi connectivity index (χ1) is 13.6. The molecule has 3 heterocycles. The topological polar surface area (TPSA) is 93.1 Å². The summed E-state index contributed by atoms with van der Waals surface area (Å²) in [5.41, 5.74) is 1.35. The number of rotatable bonds is 6. The van der Waals surface area contributed by atoms with Crippen LogP contribution in [0, 0.1) is 5.92 Å². The number of pyridine rings is 1. The van der Waals surface area contributed by atoms with E-state index in [4.69, 9.17) is 21.7 Å². The third kappa shape index (κ3) is 3.79. The van der Waals surface area contributed by atoms with E-state index in [1.54, 1.807) is 18.3 Å². The number of carbonyl (C=O) groups is 2. The zero-order chi connectivity index (χ0) is 19.5. The Hall–Kier alpha value is -3.07. The summed E-state index contributed by atoms with van der Waals surface area (Å²) < 4.78 is 10.7. The van der Waals surface area contributed by atoms with Gasteiger partial charge in [-0.2, -0.15) is 0 Å². The number of fused-ring (bicyclic) bond motifs is 2. The van der Waals surface area contributed by atoms with E-state index in [9.17, 15) is 9.59 Å². The largest absolute Gasteiger partial charge is 0.454 e. The number of amides is 2. The van der Waals surface area contributed by atoms with Gasteiger partial charge in [-0.05, 0) is 36.8 Å². The molecule has 2 aliphatic heterocycles. The molecular weight excluding hydrogens is 380 g/mol. The number of ether oxygens (including phenoxy) is 2. The Morgan fingerprint density at radius 1 is 1.32 bits per heavy atom. The predicted molar refractivity (Wildman–Crippen MR) is 104 cm³/mol. The fraction of sp³-hybridized carbons (Fsp3) is 0.316. The quantitative estimate of drug-likeness (QED) is 0.729. The number of allylic oxidation sites excluding steroid dienone is 1. The maximum Gasteiger partial charge on any atom is 0.241 e. The van der Waals surface area contributed by atoms with Crippen LogP contribution < -0.4 is 5.32 Å². The Morgan fingerprint density at radius 2 is 2.18 bits per heavy atom. The van der Waals surface area contributed by atoms with Crippen LogP contribution in [-0.2, 0) is 25.6 Å². The first-order valence-electron chi connectivity index (χ1n) is 8.92. The highest BCUT2D eigenvalue weighted by molar-refractivity contribution is 7.80. The molecule has 1 atom stereocenters. The second kappa shape index (κ2) is 7.89. The molecule has 0 aromatic carbocycles. The van der Waals surface area contributed by atoms with Crippen LogP contribution in [0.4, 0.5) is 0 Å². The van der Waals surface area contributed by atoms with Crippen LogP contribution in [0.1, 0.15) is 18.5 Å². The van der Waals surface area contributed by atoms with Gasteiger partial charge in [-0.15, -0.1) is 0 Å². The van der Waals surface area contributed by atoms with Crippen molar-refractivity contribution in [3.63, 3.8) is 0 Å². The summed E-state index contributed by atoms with van der Waals surface area (Å²) in [5.74, 6) is 0.323. The first-order valence-corrected chi connectivity index (χ1v) is 9.32. The standard InChI is InChI=1S/C19H18N4O4S/c24-17(21-10-12-4-1-2-6-20-12)5-3-7-23-18(25)13-8-15-16(27-11-26-15)9-14(13)22-19(23)28/h1-2,4,6,8-9,13H,3,5,7,10-11H2,(H,21,24). The van der Waals surface area contributed by atoms with Gasteiger partial charge in [0, 0.05) is 25.2 Å². The van der Waals surface area contributed by atoms with Gasteiger partial charge in [0.25, 0.3) is 0 Å². The second-order valence-corrected chi connectivity index (χ2v) is 6.80. The molecule has 8 nitrogen and oxygen atoms in total. The van der Waals surface area contributed by atoms with Crippen LogP contribution in [0.15, 0.2) is 53.1 Å². The Morgan fingerprint density at radius 3 is 3.00 bits per heavy atom. The van der Waals surface area contributed by atoms with Crippen molar-refractivity contribution in [1.82, 2.24) is 15.2 Å². The van der Waals surface area contributed by atoms with Crippen LogP contribution in [0.25, 0.3) is 0 Å². The molecule has 1 aromatic rings. The molecule has 1 unspecified atom stereocenters. The minimum absolute atomic E-state index is 0.103. The Bertz CT molecular complexity index is 910. The highest BCUT2D eigenvalue weighted by Crippen LogP contribution is 2.31. The molecular formula is C19H18N4O4S. The van der Waals surface area contributed by atoms with Crippen molar-refractivity contribution in [2.45, 2.75) is 19.4 Å². The fourth-order valence-electron chi connectivity index (χ4n) is 3.12. The van der Waals surface area contributed by atoms with Crippen LogP contribution in [0.5, 0.6) is 0 Å². The smallest absolute Gasteiger partial charge is 0.241 e. The fourth-order valence-corrected chi connectivity index (χ4v) is 3.41.